The van der Waals surface area contributed by atoms with Gasteiger partial charge in [-0.15, -0.1) is 22.7 Å². The lowest BCUT2D eigenvalue weighted by Gasteiger charge is -2.25. The Labute approximate surface area is 476 Å². The molecule has 0 aliphatic rings. The number of hydrogen-bond acceptors (Lipinski definition) is 9. The summed E-state index contributed by atoms with van der Waals surface area (Å²) >= 11 is 5.00. The van der Waals surface area contributed by atoms with Gasteiger partial charge in [-0.25, -0.2) is 9.97 Å². The number of rotatable bonds is 36. The second-order valence-electron chi connectivity index (χ2n) is 22.0. The average molecular weight is 1090 g/mol. The van der Waals surface area contributed by atoms with E-state index in [0.717, 1.165) is 94.2 Å². The molecule has 7 nitrogen and oxygen atoms in total. The third-order valence-electron chi connectivity index (χ3n) is 16.2. The van der Waals surface area contributed by atoms with Gasteiger partial charge >= 0.3 is 0 Å². The van der Waals surface area contributed by atoms with Gasteiger partial charge in [-0.3, -0.25) is 0 Å². The Morgan fingerprint density at radius 3 is 1.25 bits per heavy atom. The summed E-state index contributed by atoms with van der Waals surface area (Å²) in [6.45, 7) is 18.2. The molecule has 0 fully saturated rings. The number of anilines is 2. The molecule has 0 spiro atoms. The number of unbranched alkanes of at least 4 members (excludes halogenated alkanes) is 20. The van der Waals surface area contributed by atoms with E-state index in [1.54, 1.807) is 0 Å². The van der Waals surface area contributed by atoms with Crippen molar-refractivity contribution >= 4 is 78.1 Å². The van der Waals surface area contributed by atoms with E-state index in [9.17, 15) is 0 Å². The zero-order chi connectivity index (χ0) is 53.8. The fraction of sp³-hybridized carbons (Fsp3) is 0.552. The van der Waals surface area contributed by atoms with Gasteiger partial charge in [-0.2, -0.15) is 8.75 Å². The normalized spacial score (nSPS) is 11.8. The highest BCUT2D eigenvalue weighted by molar-refractivity contribution is 7.22. The van der Waals surface area contributed by atoms with Gasteiger partial charge < -0.3 is 14.4 Å². The largest absolute Gasteiger partial charge is 0.372 e. The summed E-state index contributed by atoms with van der Waals surface area (Å²) in [7, 11) is 2.21. The zero-order valence-corrected chi connectivity index (χ0v) is 50.9. The van der Waals surface area contributed by atoms with E-state index in [-0.39, 0.29) is 0 Å². The van der Waals surface area contributed by atoms with E-state index in [1.165, 1.54) is 208 Å². The zero-order valence-electron chi connectivity index (χ0n) is 48.5. The van der Waals surface area contributed by atoms with E-state index in [2.05, 4.69) is 136 Å². The number of thiophene rings is 2. The summed E-state index contributed by atoms with van der Waals surface area (Å²) in [4.78, 5) is 20.1. The van der Waals surface area contributed by atoms with Gasteiger partial charge in [-0.1, -0.05) is 194 Å². The number of hydrogen-bond donors (Lipinski definition) is 0. The molecule has 0 amide bonds. The molecular weight excluding hydrogens is 999 g/mol. The second kappa shape index (κ2) is 30.6. The van der Waals surface area contributed by atoms with Gasteiger partial charge in [0.25, 0.3) is 0 Å². The molecule has 0 aliphatic heterocycles. The third-order valence-corrected chi connectivity index (χ3v) is 19.0. The Balaban J connectivity index is 1.06. The van der Waals surface area contributed by atoms with Crippen molar-refractivity contribution in [2.75, 3.05) is 36.0 Å². The van der Waals surface area contributed by atoms with Crippen LogP contribution in [0.2, 0.25) is 0 Å². The van der Waals surface area contributed by atoms with E-state index >= 15 is 0 Å². The lowest BCUT2D eigenvalue weighted by Crippen LogP contribution is -2.25. The molecule has 0 aliphatic carbocycles. The van der Waals surface area contributed by atoms with Gasteiger partial charge in [0.05, 0.1) is 44.6 Å². The molecule has 0 saturated carbocycles. The topological polar surface area (TPSA) is 63.0 Å². The molecule has 5 heterocycles. The summed E-state index contributed by atoms with van der Waals surface area (Å²) in [6.07, 6.45) is 33.5. The van der Waals surface area contributed by atoms with Crippen molar-refractivity contribution in [2.45, 2.75) is 208 Å². The Kier molecular flexibility index (Phi) is 23.3. The highest BCUT2D eigenvalue weighted by Gasteiger charge is 2.27. The lowest BCUT2D eigenvalue weighted by molar-refractivity contribution is 0.575. The monoisotopic (exact) mass is 1090 g/mol. The maximum Gasteiger partial charge on any atom is 0.117 e. The lowest BCUT2D eigenvalue weighted by atomic mass is 10.00. The maximum atomic E-state index is 5.54. The molecule has 3 aromatic carbocycles. The highest BCUT2D eigenvalue weighted by Crippen LogP contribution is 2.47. The molecule has 0 radical (unpaired) electrons. The Bertz CT molecular complexity index is 2960. The van der Waals surface area contributed by atoms with Gasteiger partial charge in [0.2, 0.25) is 0 Å². The van der Waals surface area contributed by atoms with Crippen LogP contribution in [-0.4, -0.2) is 49.5 Å². The van der Waals surface area contributed by atoms with Gasteiger partial charge in [0.15, 0.2) is 0 Å². The molecular formula is C67H93N7S3. The molecule has 0 bridgehead atoms. The Morgan fingerprint density at radius 2 is 0.805 bits per heavy atom. The van der Waals surface area contributed by atoms with E-state index in [4.69, 9.17) is 18.7 Å². The Hall–Kier alpha value is -4.64. The molecule has 414 valence electrons. The maximum absolute atomic E-state index is 5.54. The van der Waals surface area contributed by atoms with Crippen LogP contribution in [0.25, 0.3) is 74.9 Å². The predicted molar refractivity (Wildman–Crippen MR) is 341 cm³/mol. The van der Waals surface area contributed by atoms with Crippen LogP contribution >= 0.6 is 34.4 Å². The van der Waals surface area contributed by atoms with Crippen molar-refractivity contribution in [1.82, 2.24) is 23.3 Å². The molecule has 8 rings (SSSR count). The van der Waals surface area contributed by atoms with Gasteiger partial charge in [0, 0.05) is 64.8 Å². The molecule has 0 unspecified atom stereocenters. The van der Waals surface area contributed by atoms with Crippen LogP contribution in [0.4, 0.5) is 11.4 Å². The molecule has 5 aromatic heterocycles. The molecule has 8 aromatic rings. The van der Waals surface area contributed by atoms with Crippen LogP contribution in [0, 0.1) is 0 Å². The van der Waals surface area contributed by atoms with Crippen molar-refractivity contribution < 1.29 is 0 Å². The van der Waals surface area contributed by atoms with Crippen molar-refractivity contribution in [3.05, 3.63) is 84.2 Å². The molecule has 77 heavy (non-hydrogen) atoms. The first-order chi connectivity index (χ1) is 37.9. The second-order valence-corrected chi connectivity index (χ2v) is 24.7. The van der Waals surface area contributed by atoms with Crippen molar-refractivity contribution in [1.29, 1.82) is 0 Å². The smallest absolute Gasteiger partial charge is 0.117 e. The average Bonchev–Trinajstić information content (AvgIpc) is 4.43. The minimum atomic E-state index is 0.822. The van der Waals surface area contributed by atoms with Crippen LogP contribution < -0.4 is 9.80 Å². The van der Waals surface area contributed by atoms with Crippen molar-refractivity contribution in [2.24, 2.45) is 7.05 Å². The Morgan fingerprint density at radius 1 is 0.403 bits per heavy atom. The third kappa shape index (κ3) is 15.2. The van der Waals surface area contributed by atoms with E-state index < -0.39 is 0 Å². The highest BCUT2D eigenvalue weighted by atomic mass is 32.1. The van der Waals surface area contributed by atoms with Crippen LogP contribution in [0.3, 0.4) is 0 Å². The number of aryl methyl sites for hydroxylation is 3. The van der Waals surface area contributed by atoms with Gasteiger partial charge in [-0.05, 0) is 98.2 Å². The molecule has 0 saturated heterocycles. The fourth-order valence-electron chi connectivity index (χ4n) is 11.5. The summed E-state index contributed by atoms with van der Waals surface area (Å²) in [5.41, 5.74) is 15.4. The summed E-state index contributed by atoms with van der Waals surface area (Å²) in [5, 5.41) is 0. The number of benzene rings is 3. The molecule has 10 heteroatoms. The number of fused-ring (bicyclic) bond motifs is 3. The van der Waals surface area contributed by atoms with Crippen molar-refractivity contribution in [3.63, 3.8) is 0 Å². The van der Waals surface area contributed by atoms with E-state index in [1.807, 2.05) is 22.7 Å². The van der Waals surface area contributed by atoms with Crippen LogP contribution in [-0.2, 0) is 19.9 Å². The SMILES string of the molecule is CCCCCCCCN(CCCCCCCC)c1ccc(-c2ccc(-c3c4nsnc4c(-c4cc5sc(-c6ccc(N(CCCCCCCC)CCCCCCCC)cc6)cc5n4C)c4nc(CC)c(CC)nc34)s2)cc1. The minimum Gasteiger partial charge on any atom is -0.372 e. The molecule has 0 N–H and O–H groups in total. The standard InChI is InChI=1S/C67H93N7S3/c1-8-14-18-22-26-30-44-73(45-31-27-23-19-15-9-2)52-38-34-50(35-39-52)58-42-43-59(75-58)63-65-64(68-54(12-5)55(13-6)69-65)62(66-67(63)71-77-70-66)57-49-61-56(72(57)7)48-60(76-61)51-36-40-53(41-37-51)74(46-32-28-24-20-16-10-3)47-33-29-25-21-17-11-4/h34-43,48-49H,8-33,44-47H2,1-7H3. The van der Waals surface area contributed by atoms with Crippen molar-refractivity contribution in [3.8, 4) is 42.6 Å². The summed E-state index contributed by atoms with van der Waals surface area (Å²) < 4.78 is 13.8. The first-order valence-electron chi connectivity index (χ1n) is 30.8. The van der Waals surface area contributed by atoms with Crippen LogP contribution in [0.5, 0.6) is 0 Å². The first-order valence-corrected chi connectivity index (χ1v) is 33.2. The quantitative estimate of drug-likeness (QED) is 0.0365. The van der Waals surface area contributed by atoms with Crippen LogP contribution in [0.15, 0.2) is 72.8 Å². The fourth-order valence-corrected chi connectivity index (χ4v) is 14.3. The first kappa shape index (κ1) is 58.5. The number of aromatic nitrogens is 5. The minimum absolute atomic E-state index is 0.822. The van der Waals surface area contributed by atoms with E-state index in [0.29, 0.717) is 0 Å². The molecule has 0 atom stereocenters. The number of nitrogens with zero attached hydrogens (tertiary/aromatic N) is 7. The predicted octanol–water partition coefficient (Wildman–Crippen LogP) is 21.1. The summed E-state index contributed by atoms with van der Waals surface area (Å²) in [5.74, 6) is 0. The van der Waals surface area contributed by atoms with Crippen LogP contribution in [0.1, 0.15) is 207 Å². The summed E-state index contributed by atoms with van der Waals surface area (Å²) in [6, 6.07) is 28.2. The van der Waals surface area contributed by atoms with Gasteiger partial charge in [0.1, 0.15) is 22.1 Å².